The van der Waals surface area contributed by atoms with Gasteiger partial charge in [-0.15, -0.1) is 0 Å². The van der Waals surface area contributed by atoms with Crippen LogP contribution in [-0.2, 0) is 16.7 Å². The van der Waals surface area contributed by atoms with Crippen molar-refractivity contribution in [2.75, 3.05) is 6.54 Å². The Bertz CT molecular complexity index is 901. The molecule has 0 heterocycles. The zero-order valence-electron chi connectivity index (χ0n) is 16.2. The van der Waals surface area contributed by atoms with Crippen LogP contribution < -0.4 is 9.50 Å². The number of nitrogens with one attached hydrogen (secondary N) is 1. The van der Waals surface area contributed by atoms with Crippen molar-refractivity contribution in [3.05, 3.63) is 59.9 Å². The molecule has 0 bridgehead atoms. The van der Waals surface area contributed by atoms with E-state index in [4.69, 9.17) is 4.18 Å². The van der Waals surface area contributed by atoms with Gasteiger partial charge in [0.1, 0.15) is 16.5 Å². The summed E-state index contributed by atoms with van der Waals surface area (Å²) in [4.78, 5) is 13.9. The van der Waals surface area contributed by atoms with Crippen LogP contribution in [0.4, 0.5) is 9.18 Å². The number of carbonyl (C=O) groups excluding carboxylic acids is 1. The van der Waals surface area contributed by atoms with Crippen LogP contribution in [0.25, 0.3) is 0 Å². The Kier molecular flexibility index (Phi) is 7.39. The van der Waals surface area contributed by atoms with Gasteiger partial charge >= 0.3 is 16.1 Å². The lowest BCUT2D eigenvalue weighted by Gasteiger charge is -2.29. The number of halogens is 1. The van der Waals surface area contributed by atoms with E-state index < -0.39 is 15.9 Å². The van der Waals surface area contributed by atoms with Gasteiger partial charge < -0.3 is 14.4 Å². The van der Waals surface area contributed by atoms with Crippen molar-refractivity contribution in [3.63, 3.8) is 0 Å². The molecule has 0 aliphatic rings. The van der Waals surface area contributed by atoms with E-state index in [0.717, 1.165) is 30.7 Å². The molecule has 0 saturated carbocycles. The Morgan fingerprint density at radius 2 is 1.79 bits per heavy atom. The molecule has 0 radical (unpaired) electrons. The van der Waals surface area contributed by atoms with E-state index in [-0.39, 0.29) is 29.3 Å². The number of carbonyl (C=O) groups is 1. The van der Waals surface area contributed by atoms with Gasteiger partial charge in [-0.2, -0.15) is 8.42 Å². The summed E-state index contributed by atoms with van der Waals surface area (Å²) in [5.41, 5.74) is 0.555. The van der Waals surface area contributed by atoms with E-state index in [0.29, 0.717) is 12.1 Å². The standard InChI is InChI=1S/C20H25FN2O4S/c1-4-15(3)23(20(24)22-5-2)14-16-8-6-7-9-19(16)27-28(25,26)18-12-10-17(21)11-13-18/h6-13,15H,4-5,14H2,1-3H3,(H,22,24)/t15-/m0/s1. The fourth-order valence-electron chi connectivity index (χ4n) is 2.57. The summed E-state index contributed by atoms with van der Waals surface area (Å²) in [5.74, 6) is -0.407. The summed E-state index contributed by atoms with van der Waals surface area (Å²) in [7, 11) is -4.13. The number of hydrogen-bond donors (Lipinski definition) is 1. The normalized spacial score (nSPS) is 12.3. The summed E-state index contributed by atoms with van der Waals surface area (Å²) in [5, 5.41) is 2.77. The molecule has 2 amide bonds. The van der Waals surface area contributed by atoms with Gasteiger partial charge in [0, 0.05) is 18.2 Å². The Hall–Kier alpha value is -2.61. The zero-order valence-corrected chi connectivity index (χ0v) is 17.0. The molecule has 8 heteroatoms. The lowest BCUT2D eigenvalue weighted by Crippen LogP contribution is -2.44. The predicted molar refractivity (Wildman–Crippen MR) is 105 cm³/mol. The summed E-state index contributed by atoms with van der Waals surface area (Å²) < 4.78 is 43.5. The Balaban J connectivity index is 2.31. The fraction of sp³-hybridized carbons (Fsp3) is 0.350. The minimum absolute atomic E-state index is 0.0479. The van der Waals surface area contributed by atoms with Gasteiger partial charge in [-0.1, -0.05) is 25.1 Å². The highest BCUT2D eigenvalue weighted by atomic mass is 32.2. The average Bonchev–Trinajstić information content (AvgIpc) is 2.67. The molecule has 6 nitrogen and oxygen atoms in total. The minimum atomic E-state index is -4.13. The average molecular weight is 408 g/mol. The van der Waals surface area contributed by atoms with Crippen LogP contribution in [0.2, 0.25) is 0 Å². The minimum Gasteiger partial charge on any atom is -0.379 e. The summed E-state index contributed by atoms with van der Waals surface area (Å²) >= 11 is 0. The van der Waals surface area contributed by atoms with Gasteiger partial charge in [0.2, 0.25) is 0 Å². The summed E-state index contributed by atoms with van der Waals surface area (Å²) in [6, 6.07) is 10.8. The molecule has 0 aliphatic carbocycles. The lowest BCUT2D eigenvalue weighted by atomic mass is 10.1. The molecule has 0 aromatic heterocycles. The third kappa shape index (κ3) is 5.45. The van der Waals surface area contributed by atoms with E-state index in [9.17, 15) is 17.6 Å². The summed E-state index contributed by atoms with van der Waals surface area (Å²) in [6.07, 6.45) is 0.744. The van der Waals surface area contributed by atoms with Crippen LogP contribution in [0.5, 0.6) is 5.75 Å². The third-order valence-corrected chi connectivity index (χ3v) is 5.58. The maximum atomic E-state index is 13.1. The van der Waals surface area contributed by atoms with Crippen LogP contribution in [0.1, 0.15) is 32.8 Å². The first-order valence-electron chi connectivity index (χ1n) is 9.11. The first-order valence-corrected chi connectivity index (χ1v) is 10.5. The number of rotatable bonds is 8. The SMILES string of the molecule is CCNC(=O)N(Cc1ccccc1OS(=O)(=O)c1ccc(F)cc1)[C@@H](C)CC. The highest BCUT2D eigenvalue weighted by Crippen LogP contribution is 2.25. The van der Waals surface area contributed by atoms with Gasteiger partial charge in [-0.25, -0.2) is 9.18 Å². The van der Waals surface area contributed by atoms with Crippen molar-refractivity contribution in [2.45, 2.75) is 44.7 Å². The van der Waals surface area contributed by atoms with Crippen molar-refractivity contribution < 1.29 is 21.8 Å². The van der Waals surface area contributed by atoms with Gasteiger partial charge in [0.15, 0.2) is 0 Å². The number of amides is 2. The van der Waals surface area contributed by atoms with E-state index in [1.165, 1.54) is 6.07 Å². The second-order valence-corrected chi connectivity index (χ2v) is 7.87. The first-order chi connectivity index (χ1) is 13.3. The van der Waals surface area contributed by atoms with E-state index in [2.05, 4.69) is 5.32 Å². The van der Waals surface area contributed by atoms with Gasteiger partial charge in [0.05, 0.1) is 6.54 Å². The number of para-hydroxylation sites is 1. The quantitative estimate of drug-likeness (QED) is 0.672. The van der Waals surface area contributed by atoms with Gasteiger partial charge in [-0.05, 0) is 50.6 Å². The van der Waals surface area contributed by atoms with Gasteiger partial charge in [0.25, 0.3) is 0 Å². The van der Waals surface area contributed by atoms with Crippen LogP contribution in [0.3, 0.4) is 0 Å². The highest BCUT2D eigenvalue weighted by Gasteiger charge is 2.23. The molecule has 1 atom stereocenters. The summed E-state index contributed by atoms with van der Waals surface area (Å²) in [6.45, 7) is 6.41. The van der Waals surface area contributed by atoms with E-state index >= 15 is 0 Å². The molecular formula is C20H25FN2O4S. The maximum absolute atomic E-state index is 13.1. The van der Waals surface area contributed by atoms with Crippen molar-refractivity contribution in [1.29, 1.82) is 0 Å². The molecule has 2 aromatic rings. The smallest absolute Gasteiger partial charge is 0.339 e. The Morgan fingerprint density at radius 1 is 1.14 bits per heavy atom. The van der Waals surface area contributed by atoms with E-state index in [1.807, 2.05) is 20.8 Å². The number of benzene rings is 2. The molecule has 0 unspecified atom stereocenters. The van der Waals surface area contributed by atoms with Crippen molar-refractivity contribution in [2.24, 2.45) is 0 Å². The van der Waals surface area contributed by atoms with Crippen molar-refractivity contribution >= 4 is 16.1 Å². The fourth-order valence-corrected chi connectivity index (χ4v) is 3.53. The van der Waals surface area contributed by atoms with Crippen molar-refractivity contribution in [1.82, 2.24) is 10.2 Å². The lowest BCUT2D eigenvalue weighted by molar-refractivity contribution is 0.173. The number of nitrogens with zero attached hydrogens (tertiary/aromatic N) is 1. The second-order valence-electron chi connectivity index (χ2n) is 6.32. The molecule has 2 rings (SSSR count). The molecule has 0 aliphatic heterocycles. The number of hydrogen-bond acceptors (Lipinski definition) is 4. The Morgan fingerprint density at radius 3 is 2.39 bits per heavy atom. The van der Waals surface area contributed by atoms with E-state index in [1.54, 1.807) is 23.1 Å². The van der Waals surface area contributed by atoms with Crippen LogP contribution >= 0.6 is 0 Å². The molecular weight excluding hydrogens is 383 g/mol. The zero-order chi connectivity index (χ0) is 20.7. The molecule has 28 heavy (non-hydrogen) atoms. The molecule has 152 valence electrons. The van der Waals surface area contributed by atoms with Crippen molar-refractivity contribution in [3.8, 4) is 5.75 Å². The molecule has 1 N–H and O–H groups in total. The van der Waals surface area contributed by atoms with Crippen LogP contribution in [0.15, 0.2) is 53.4 Å². The van der Waals surface area contributed by atoms with Crippen LogP contribution in [0, 0.1) is 5.82 Å². The monoisotopic (exact) mass is 408 g/mol. The van der Waals surface area contributed by atoms with Gasteiger partial charge in [-0.3, -0.25) is 0 Å². The second kappa shape index (κ2) is 9.54. The Labute approximate surface area is 165 Å². The highest BCUT2D eigenvalue weighted by molar-refractivity contribution is 7.87. The molecule has 0 fully saturated rings. The topological polar surface area (TPSA) is 75.7 Å². The number of urea groups is 1. The first kappa shape index (κ1) is 21.7. The third-order valence-electron chi connectivity index (χ3n) is 4.33. The molecule has 0 spiro atoms. The maximum Gasteiger partial charge on any atom is 0.339 e. The predicted octanol–water partition coefficient (Wildman–Crippen LogP) is 3.92. The van der Waals surface area contributed by atoms with Crippen LogP contribution in [-0.4, -0.2) is 31.9 Å². The molecule has 0 saturated heterocycles. The molecule has 2 aromatic carbocycles. The largest absolute Gasteiger partial charge is 0.379 e.